The van der Waals surface area contributed by atoms with Crippen LogP contribution in [0.3, 0.4) is 0 Å². The van der Waals surface area contributed by atoms with Crippen molar-refractivity contribution in [2.45, 2.75) is 5.75 Å². The molecule has 0 unspecified atom stereocenters. The number of benzene rings is 1. The number of hydrogen-bond acceptors (Lipinski definition) is 5. The van der Waals surface area contributed by atoms with Crippen LogP contribution in [0.2, 0.25) is 0 Å². The van der Waals surface area contributed by atoms with Crippen molar-refractivity contribution in [2.75, 3.05) is 26.5 Å². The second-order valence-electron chi connectivity index (χ2n) is 4.92. The van der Waals surface area contributed by atoms with E-state index in [0.29, 0.717) is 12.3 Å². The molecule has 2 aromatic rings. The lowest BCUT2D eigenvalue weighted by molar-refractivity contribution is -0.116. The van der Waals surface area contributed by atoms with Gasteiger partial charge >= 0.3 is 0 Å². The summed E-state index contributed by atoms with van der Waals surface area (Å²) in [5, 5.41) is 7.11. The normalized spacial score (nSPS) is 10.8. The number of hydrogen-bond donors (Lipinski definition) is 1. The SMILES string of the molecule is COc1ccc(OC)c(/C=C/C(=O)NCCSCc2ccsc2)c1. The number of nitrogens with one attached hydrogen (secondary N) is 1. The van der Waals surface area contributed by atoms with Crippen molar-refractivity contribution in [2.24, 2.45) is 0 Å². The van der Waals surface area contributed by atoms with Crippen molar-refractivity contribution >= 4 is 35.1 Å². The molecule has 0 aliphatic rings. The first kappa shape index (κ1) is 18.4. The molecule has 24 heavy (non-hydrogen) atoms. The molecule has 0 radical (unpaired) electrons. The van der Waals surface area contributed by atoms with Gasteiger partial charge in [-0.15, -0.1) is 0 Å². The van der Waals surface area contributed by atoms with E-state index in [2.05, 4.69) is 22.1 Å². The number of carbonyl (C=O) groups is 1. The summed E-state index contributed by atoms with van der Waals surface area (Å²) in [6.45, 7) is 0.646. The highest BCUT2D eigenvalue weighted by atomic mass is 32.2. The van der Waals surface area contributed by atoms with Crippen molar-refractivity contribution in [3.05, 3.63) is 52.2 Å². The second-order valence-corrected chi connectivity index (χ2v) is 6.80. The highest BCUT2D eigenvalue weighted by Gasteiger charge is 2.03. The summed E-state index contributed by atoms with van der Waals surface area (Å²) in [4.78, 5) is 11.9. The third-order valence-electron chi connectivity index (χ3n) is 3.25. The molecule has 6 heteroatoms. The molecule has 0 aliphatic carbocycles. The van der Waals surface area contributed by atoms with Crippen LogP contribution in [-0.4, -0.2) is 32.4 Å². The van der Waals surface area contributed by atoms with Gasteiger partial charge in [0.15, 0.2) is 0 Å². The Balaban J connectivity index is 1.76. The van der Waals surface area contributed by atoms with Crippen LogP contribution in [0.25, 0.3) is 6.08 Å². The molecular formula is C18H21NO3S2. The summed E-state index contributed by atoms with van der Waals surface area (Å²) >= 11 is 3.52. The van der Waals surface area contributed by atoms with E-state index in [9.17, 15) is 4.79 Å². The van der Waals surface area contributed by atoms with Crippen molar-refractivity contribution in [1.29, 1.82) is 0 Å². The summed E-state index contributed by atoms with van der Waals surface area (Å²) in [5.74, 6) is 3.18. The fourth-order valence-corrected chi connectivity index (χ4v) is 3.59. The molecule has 4 nitrogen and oxygen atoms in total. The van der Waals surface area contributed by atoms with Gasteiger partial charge in [0.05, 0.1) is 14.2 Å². The van der Waals surface area contributed by atoms with Gasteiger partial charge < -0.3 is 14.8 Å². The van der Waals surface area contributed by atoms with Gasteiger partial charge in [0.25, 0.3) is 0 Å². The maximum Gasteiger partial charge on any atom is 0.244 e. The molecule has 128 valence electrons. The zero-order valence-electron chi connectivity index (χ0n) is 13.8. The third kappa shape index (κ3) is 5.94. The van der Waals surface area contributed by atoms with E-state index in [-0.39, 0.29) is 5.91 Å². The lowest BCUT2D eigenvalue weighted by atomic mass is 10.1. The Bertz CT molecular complexity index is 669. The maximum atomic E-state index is 11.9. The van der Waals surface area contributed by atoms with Crippen molar-refractivity contribution in [1.82, 2.24) is 5.32 Å². The number of rotatable bonds is 9. The van der Waals surface area contributed by atoms with Gasteiger partial charge in [0, 0.05) is 29.7 Å². The van der Waals surface area contributed by atoms with E-state index >= 15 is 0 Å². The molecule has 0 spiro atoms. The first-order valence-corrected chi connectivity index (χ1v) is 9.59. The van der Waals surface area contributed by atoms with Gasteiger partial charge in [0.2, 0.25) is 5.91 Å². The van der Waals surface area contributed by atoms with Crippen molar-refractivity contribution < 1.29 is 14.3 Å². The predicted octanol–water partition coefficient (Wildman–Crippen LogP) is 3.83. The maximum absolute atomic E-state index is 11.9. The van der Waals surface area contributed by atoms with E-state index in [4.69, 9.17) is 9.47 Å². The second kappa shape index (κ2) is 10.1. The molecule has 0 atom stereocenters. The number of ether oxygens (including phenoxy) is 2. The first-order chi connectivity index (χ1) is 11.7. The van der Waals surface area contributed by atoms with Gasteiger partial charge in [-0.2, -0.15) is 23.1 Å². The van der Waals surface area contributed by atoms with Crippen LogP contribution in [0, 0.1) is 0 Å². The quantitative estimate of drug-likeness (QED) is 0.543. The average molecular weight is 364 g/mol. The standard InChI is InChI=1S/C18H21NO3S2/c1-21-16-4-5-17(22-2)15(11-16)3-6-18(20)19-8-10-24-13-14-7-9-23-12-14/h3-7,9,11-12H,8,10,13H2,1-2H3,(H,19,20)/b6-3+. The lowest BCUT2D eigenvalue weighted by Crippen LogP contribution is -2.23. The highest BCUT2D eigenvalue weighted by Crippen LogP contribution is 2.25. The Labute approximate surface area is 150 Å². The van der Waals surface area contributed by atoms with Gasteiger partial charge in [0.1, 0.15) is 11.5 Å². The molecule has 1 aromatic carbocycles. The molecule has 1 heterocycles. The minimum atomic E-state index is -0.115. The number of carbonyl (C=O) groups excluding carboxylic acids is 1. The molecule has 0 fully saturated rings. The van der Waals surface area contributed by atoms with Gasteiger partial charge in [-0.25, -0.2) is 0 Å². The Morgan fingerprint density at radius 3 is 2.88 bits per heavy atom. The molecule has 1 amide bonds. The Kier molecular flexibility index (Phi) is 7.71. The van der Waals surface area contributed by atoms with Gasteiger partial charge in [-0.1, -0.05) is 0 Å². The fourth-order valence-electron chi connectivity index (χ4n) is 2.01. The van der Waals surface area contributed by atoms with Crippen LogP contribution < -0.4 is 14.8 Å². The van der Waals surface area contributed by atoms with E-state index < -0.39 is 0 Å². The summed E-state index contributed by atoms with van der Waals surface area (Å²) in [7, 11) is 3.21. The van der Waals surface area contributed by atoms with E-state index in [1.165, 1.54) is 11.6 Å². The van der Waals surface area contributed by atoms with Crippen LogP contribution >= 0.6 is 23.1 Å². The van der Waals surface area contributed by atoms with Crippen LogP contribution in [-0.2, 0) is 10.5 Å². The van der Waals surface area contributed by atoms with E-state index in [1.807, 2.05) is 30.0 Å². The molecule has 0 saturated carbocycles. The smallest absolute Gasteiger partial charge is 0.244 e. The Morgan fingerprint density at radius 1 is 1.29 bits per heavy atom. The summed E-state index contributed by atoms with van der Waals surface area (Å²) in [6, 6.07) is 7.60. The Hall–Kier alpha value is -1.92. The minimum Gasteiger partial charge on any atom is -0.497 e. The zero-order valence-corrected chi connectivity index (χ0v) is 15.4. The fraction of sp³-hybridized carbons (Fsp3) is 0.278. The van der Waals surface area contributed by atoms with Gasteiger partial charge in [-0.3, -0.25) is 4.79 Å². The third-order valence-corrected chi connectivity index (χ3v) is 5.01. The lowest BCUT2D eigenvalue weighted by Gasteiger charge is -2.07. The molecule has 0 bridgehead atoms. The van der Waals surface area contributed by atoms with E-state index in [0.717, 1.165) is 22.8 Å². The molecular weight excluding hydrogens is 342 g/mol. The largest absolute Gasteiger partial charge is 0.497 e. The molecule has 1 N–H and O–H groups in total. The zero-order chi connectivity index (χ0) is 17.2. The topological polar surface area (TPSA) is 47.6 Å². The first-order valence-electron chi connectivity index (χ1n) is 7.49. The summed E-state index contributed by atoms with van der Waals surface area (Å²) in [6.07, 6.45) is 3.25. The highest BCUT2D eigenvalue weighted by molar-refractivity contribution is 7.98. The van der Waals surface area contributed by atoms with Crippen LogP contribution in [0.4, 0.5) is 0 Å². The van der Waals surface area contributed by atoms with Crippen LogP contribution in [0.5, 0.6) is 11.5 Å². The van der Waals surface area contributed by atoms with Crippen LogP contribution in [0.1, 0.15) is 11.1 Å². The summed E-state index contributed by atoms with van der Waals surface area (Å²) < 4.78 is 10.5. The minimum absolute atomic E-state index is 0.115. The van der Waals surface area contributed by atoms with Gasteiger partial charge in [-0.05, 0) is 46.7 Å². The average Bonchev–Trinajstić information content (AvgIpc) is 3.12. The molecule has 1 aromatic heterocycles. The number of amides is 1. The molecule has 2 rings (SSSR count). The number of thioether (sulfide) groups is 1. The number of thiophene rings is 1. The monoisotopic (exact) mass is 363 g/mol. The van der Waals surface area contributed by atoms with Crippen LogP contribution in [0.15, 0.2) is 41.1 Å². The Morgan fingerprint density at radius 2 is 2.17 bits per heavy atom. The van der Waals surface area contributed by atoms with Crippen molar-refractivity contribution in [3.8, 4) is 11.5 Å². The molecule has 0 saturated heterocycles. The summed E-state index contributed by atoms with van der Waals surface area (Å²) in [5.41, 5.74) is 2.14. The van der Waals surface area contributed by atoms with Crippen molar-refractivity contribution in [3.63, 3.8) is 0 Å². The number of methoxy groups -OCH3 is 2. The predicted molar refractivity (Wildman–Crippen MR) is 102 cm³/mol. The van der Waals surface area contributed by atoms with E-state index in [1.54, 1.807) is 31.6 Å². The molecule has 0 aliphatic heterocycles.